The SMILES string of the molecule is CC(C)(C)C1CNCCN1CCS(=O)(=O)C(C)(C)C. The Morgan fingerprint density at radius 1 is 1.16 bits per heavy atom. The molecule has 4 nitrogen and oxygen atoms in total. The van der Waals surface area contributed by atoms with E-state index in [-0.39, 0.29) is 11.2 Å². The van der Waals surface area contributed by atoms with Crippen molar-refractivity contribution in [2.45, 2.75) is 52.3 Å². The number of nitrogens with one attached hydrogen (secondary N) is 1. The van der Waals surface area contributed by atoms with E-state index in [0.29, 0.717) is 12.6 Å². The van der Waals surface area contributed by atoms with Gasteiger partial charge in [0, 0.05) is 32.2 Å². The molecule has 19 heavy (non-hydrogen) atoms. The number of rotatable bonds is 3. The second kappa shape index (κ2) is 5.70. The Morgan fingerprint density at radius 2 is 1.74 bits per heavy atom. The molecule has 1 N–H and O–H groups in total. The summed E-state index contributed by atoms with van der Waals surface area (Å²) in [5, 5.41) is 3.41. The van der Waals surface area contributed by atoms with Gasteiger partial charge in [-0.1, -0.05) is 20.8 Å². The summed E-state index contributed by atoms with van der Waals surface area (Å²) in [6.45, 7) is 15.5. The molecule has 1 fully saturated rings. The van der Waals surface area contributed by atoms with Crippen molar-refractivity contribution in [2.75, 3.05) is 31.9 Å². The zero-order chi connectivity index (χ0) is 14.9. The zero-order valence-corrected chi connectivity index (χ0v) is 14.1. The number of piperazine rings is 1. The van der Waals surface area contributed by atoms with Gasteiger partial charge in [0.25, 0.3) is 0 Å². The maximum atomic E-state index is 12.2. The topological polar surface area (TPSA) is 49.4 Å². The molecule has 1 unspecified atom stereocenters. The Balaban J connectivity index is 2.70. The summed E-state index contributed by atoms with van der Waals surface area (Å²) in [7, 11) is -3.03. The van der Waals surface area contributed by atoms with E-state index in [2.05, 4.69) is 31.0 Å². The fourth-order valence-electron chi connectivity index (χ4n) is 2.41. The van der Waals surface area contributed by atoms with Crippen LogP contribution in [0, 0.1) is 5.41 Å². The second-order valence-electron chi connectivity index (χ2n) is 7.55. The summed E-state index contributed by atoms with van der Waals surface area (Å²) in [5.74, 6) is 0.253. The molecule has 1 saturated heterocycles. The lowest BCUT2D eigenvalue weighted by molar-refractivity contribution is 0.0812. The van der Waals surface area contributed by atoms with Crippen LogP contribution in [0.25, 0.3) is 0 Å². The molecule has 0 aromatic rings. The molecule has 0 spiro atoms. The normalized spacial score (nSPS) is 23.6. The lowest BCUT2D eigenvalue weighted by atomic mass is 9.84. The van der Waals surface area contributed by atoms with Gasteiger partial charge in [-0.25, -0.2) is 8.42 Å². The van der Waals surface area contributed by atoms with E-state index in [1.807, 2.05) is 0 Å². The van der Waals surface area contributed by atoms with E-state index in [1.165, 1.54) is 0 Å². The second-order valence-corrected chi connectivity index (χ2v) is 10.4. The van der Waals surface area contributed by atoms with Crippen molar-refractivity contribution in [3.63, 3.8) is 0 Å². The van der Waals surface area contributed by atoms with E-state index in [1.54, 1.807) is 20.8 Å². The first-order valence-corrected chi connectivity index (χ1v) is 8.77. The molecule has 0 saturated carbocycles. The van der Waals surface area contributed by atoms with Crippen LogP contribution >= 0.6 is 0 Å². The monoisotopic (exact) mass is 290 g/mol. The molecule has 0 aromatic carbocycles. The van der Waals surface area contributed by atoms with Crippen LogP contribution in [0.1, 0.15) is 41.5 Å². The van der Waals surface area contributed by atoms with Gasteiger partial charge in [0.05, 0.1) is 10.5 Å². The average Bonchev–Trinajstić information content (AvgIpc) is 2.24. The highest BCUT2D eigenvalue weighted by molar-refractivity contribution is 7.92. The highest BCUT2D eigenvalue weighted by Gasteiger charge is 2.34. The third-order valence-corrected chi connectivity index (χ3v) is 6.52. The van der Waals surface area contributed by atoms with Crippen molar-refractivity contribution in [1.29, 1.82) is 0 Å². The lowest BCUT2D eigenvalue weighted by Gasteiger charge is -2.43. The molecule has 1 aliphatic heterocycles. The van der Waals surface area contributed by atoms with Crippen LogP contribution in [0.4, 0.5) is 0 Å². The number of hydrogen-bond donors (Lipinski definition) is 1. The van der Waals surface area contributed by atoms with Crippen LogP contribution in [-0.4, -0.2) is 56.0 Å². The summed E-state index contributed by atoms with van der Waals surface area (Å²) < 4.78 is 23.8. The highest BCUT2D eigenvalue weighted by atomic mass is 32.2. The van der Waals surface area contributed by atoms with Gasteiger partial charge in [0.2, 0.25) is 0 Å². The Bertz CT molecular complexity index is 391. The molecule has 0 aliphatic carbocycles. The first-order valence-electron chi connectivity index (χ1n) is 7.12. The van der Waals surface area contributed by atoms with Crippen molar-refractivity contribution >= 4 is 9.84 Å². The minimum Gasteiger partial charge on any atom is -0.314 e. The Labute approximate surface area is 118 Å². The number of hydrogen-bond acceptors (Lipinski definition) is 4. The molecule has 0 aromatic heterocycles. The molecule has 0 amide bonds. The maximum Gasteiger partial charge on any atom is 0.156 e. The minimum absolute atomic E-state index is 0.166. The van der Waals surface area contributed by atoms with Gasteiger partial charge in [0.1, 0.15) is 0 Å². The van der Waals surface area contributed by atoms with E-state index in [4.69, 9.17) is 0 Å². The standard InChI is InChI=1S/C14H30N2O2S/c1-13(2,3)12-11-15-7-8-16(12)9-10-19(17,18)14(4,5)6/h12,15H,7-11H2,1-6H3. The van der Waals surface area contributed by atoms with E-state index in [9.17, 15) is 8.42 Å². The van der Waals surface area contributed by atoms with Gasteiger partial charge in [-0.2, -0.15) is 0 Å². The predicted octanol–water partition coefficient (Wildman–Crippen LogP) is 1.52. The zero-order valence-electron chi connectivity index (χ0n) is 13.3. The third-order valence-electron chi connectivity index (χ3n) is 3.93. The molecular formula is C14H30N2O2S. The highest BCUT2D eigenvalue weighted by Crippen LogP contribution is 2.26. The Morgan fingerprint density at radius 3 is 2.21 bits per heavy atom. The summed E-state index contributed by atoms with van der Waals surface area (Å²) in [6, 6.07) is 0.399. The van der Waals surface area contributed by atoms with Crippen LogP contribution in [0.2, 0.25) is 0 Å². The lowest BCUT2D eigenvalue weighted by Crippen LogP contribution is -2.57. The average molecular weight is 290 g/mol. The maximum absolute atomic E-state index is 12.2. The Kier molecular flexibility index (Phi) is 5.08. The van der Waals surface area contributed by atoms with Crippen molar-refractivity contribution < 1.29 is 8.42 Å². The summed E-state index contributed by atoms with van der Waals surface area (Å²) in [6.07, 6.45) is 0. The first-order chi connectivity index (χ1) is 8.45. The van der Waals surface area contributed by atoms with Gasteiger partial charge in [-0.3, -0.25) is 4.90 Å². The first kappa shape index (κ1) is 16.9. The van der Waals surface area contributed by atoms with Crippen LogP contribution in [0.3, 0.4) is 0 Å². The molecule has 1 heterocycles. The van der Waals surface area contributed by atoms with Gasteiger partial charge < -0.3 is 5.32 Å². The van der Waals surface area contributed by atoms with Crippen LogP contribution < -0.4 is 5.32 Å². The molecule has 1 aliphatic rings. The van der Waals surface area contributed by atoms with Crippen LogP contribution in [0.15, 0.2) is 0 Å². The largest absolute Gasteiger partial charge is 0.314 e. The van der Waals surface area contributed by atoms with Crippen molar-refractivity contribution in [1.82, 2.24) is 10.2 Å². The summed E-state index contributed by atoms with van der Waals surface area (Å²) in [4.78, 5) is 2.33. The van der Waals surface area contributed by atoms with Crippen molar-refractivity contribution in [2.24, 2.45) is 5.41 Å². The number of sulfone groups is 1. The molecule has 1 atom stereocenters. The van der Waals surface area contributed by atoms with Crippen molar-refractivity contribution in [3.8, 4) is 0 Å². The molecule has 0 bridgehead atoms. The molecule has 114 valence electrons. The fraction of sp³-hybridized carbons (Fsp3) is 1.00. The van der Waals surface area contributed by atoms with Crippen LogP contribution in [0.5, 0.6) is 0 Å². The Hall–Kier alpha value is -0.130. The molecular weight excluding hydrogens is 260 g/mol. The quantitative estimate of drug-likeness (QED) is 0.856. The van der Waals surface area contributed by atoms with Gasteiger partial charge >= 0.3 is 0 Å². The van der Waals surface area contributed by atoms with E-state index < -0.39 is 14.6 Å². The van der Waals surface area contributed by atoms with E-state index >= 15 is 0 Å². The van der Waals surface area contributed by atoms with Gasteiger partial charge in [0.15, 0.2) is 9.84 Å². The van der Waals surface area contributed by atoms with Gasteiger partial charge in [-0.05, 0) is 26.2 Å². The van der Waals surface area contributed by atoms with Crippen LogP contribution in [-0.2, 0) is 9.84 Å². The third kappa shape index (κ3) is 4.43. The fourth-order valence-corrected chi connectivity index (χ4v) is 3.50. The summed E-state index contributed by atoms with van der Waals surface area (Å²) >= 11 is 0. The molecule has 0 radical (unpaired) electrons. The number of nitrogens with zero attached hydrogens (tertiary/aromatic N) is 1. The minimum atomic E-state index is -3.03. The van der Waals surface area contributed by atoms with Crippen molar-refractivity contribution in [3.05, 3.63) is 0 Å². The summed E-state index contributed by atoms with van der Waals surface area (Å²) in [5.41, 5.74) is 0.166. The van der Waals surface area contributed by atoms with E-state index in [0.717, 1.165) is 19.6 Å². The van der Waals surface area contributed by atoms with Gasteiger partial charge in [-0.15, -0.1) is 0 Å². The molecule has 1 rings (SSSR count). The smallest absolute Gasteiger partial charge is 0.156 e. The predicted molar refractivity (Wildman–Crippen MR) is 81.2 cm³/mol. The molecule has 5 heteroatoms.